The Morgan fingerprint density at radius 1 is 0.964 bits per heavy atom. The van der Waals surface area contributed by atoms with Gasteiger partial charge in [-0.2, -0.15) is 0 Å². The van der Waals surface area contributed by atoms with Gasteiger partial charge < -0.3 is 14.2 Å². The monoisotopic (exact) mass is 391 g/mol. The summed E-state index contributed by atoms with van der Waals surface area (Å²) in [5, 5.41) is 2.88. The predicted octanol–water partition coefficient (Wildman–Crippen LogP) is 6.39. The van der Waals surface area contributed by atoms with Gasteiger partial charge in [0.25, 0.3) is 0 Å². The summed E-state index contributed by atoms with van der Waals surface area (Å²) in [6, 6.07) is 18.2. The third-order valence-electron chi connectivity index (χ3n) is 5.54. The lowest BCUT2D eigenvalue weighted by Gasteiger charge is -2.30. The van der Waals surface area contributed by atoms with Crippen molar-refractivity contribution in [1.29, 1.82) is 0 Å². The standard InChI is InChI=1S/C23H22ClN3O/c1-26(17-8-4-2-5-9-17)21-15-19-22(27-12-6-3-7-13-27)18-14-16(24)10-11-20(18)25-23(19)28-21/h2,4-5,8-11,14-15H,3,6-7,12-13H2,1H3. The van der Waals surface area contributed by atoms with Gasteiger partial charge in [0, 0.05) is 42.3 Å². The van der Waals surface area contributed by atoms with Gasteiger partial charge in [0.1, 0.15) is 0 Å². The molecule has 2 aromatic carbocycles. The topological polar surface area (TPSA) is 32.5 Å². The van der Waals surface area contributed by atoms with Crippen LogP contribution in [0.2, 0.25) is 5.02 Å². The van der Waals surface area contributed by atoms with Crippen LogP contribution in [0.15, 0.2) is 59.0 Å². The molecule has 1 saturated heterocycles. The first-order valence-corrected chi connectivity index (χ1v) is 10.1. The van der Waals surface area contributed by atoms with E-state index in [1.807, 2.05) is 43.4 Å². The highest BCUT2D eigenvalue weighted by atomic mass is 35.5. The van der Waals surface area contributed by atoms with Crippen molar-refractivity contribution in [1.82, 2.24) is 4.98 Å². The number of rotatable bonds is 3. The minimum Gasteiger partial charge on any atom is -0.422 e. The summed E-state index contributed by atoms with van der Waals surface area (Å²) >= 11 is 6.34. The molecule has 0 radical (unpaired) electrons. The van der Waals surface area contributed by atoms with Gasteiger partial charge in [0.15, 0.2) is 0 Å². The van der Waals surface area contributed by atoms with Gasteiger partial charge in [0.2, 0.25) is 11.6 Å². The van der Waals surface area contributed by atoms with Crippen molar-refractivity contribution in [2.45, 2.75) is 19.3 Å². The molecule has 0 amide bonds. The van der Waals surface area contributed by atoms with E-state index < -0.39 is 0 Å². The third kappa shape index (κ3) is 2.98. The Morgan fingerprint density at radius 2 is 1.75 bits per heavy atom. The smallest absolute Gasteiger partial charge is 0.231 e. The Kier molecular flexibility index (Phi) is 4.36. The molecule has 0 spiro atoms. The Hall–Kier alpha value is -2.72. The second kappa shape index (κ2) is 7.02. The van der Waals surface area contributed by atoms with Crippen LogP contribution in [-0.2, 0) is 0 Å². The molecule has 0 atom stereocenters. The zero-order chi connectivity index (χ0) is 19.1. The minimum absolute atomic E-state index is 0.674. The summed E-state index contributed by atoms with van der Waals surface area (Å²) in [6.45, 7) is 2.10. The van der Waals surface area contributed by atoms with Crippen LogP contribution in [0.1, 0.15) is 19.3 Å². The van der Waals surface area contributed by atoms with Crippen LogP contribution < -0.4 is 9.80 Å². The molecule has 3 heterocycles. The number of hydrogen-bond donors (Lipinski definition) is 0. The molecule has 1 aliphatic heterocycles. The molecule has 0 N–H and O–H groups in total. The number of hydrogen-bond acceptors (Lipinski definition) is 4. The molecule has 0 unspecified atom stereocenters. The maximum atomic E-state index is 6.34. The number of anilines is 3. The van der Waals surface area contributed by atoms with Gasteiger partial charge in [-0.1, -0.05) is 29.8 Å². The van der Waals surface area contributed by atoms with Crippen molar-refractivity contribution in [3.05, 3.63) is 59.6 Å². The maximum absolute atomic E-state index is 6.34. The minimum atomic E-state index is 0.674. The molecule has 1 aliphatic rings. The van der Waals surface area contributed by atoms with Crippen molar-refractivity contribution in [2.24, 2.45) is 0 Å². The fourth-order valence-electron chi connectivity index (χ4n) is 4.07. The van der Waals surface area contributed by atoms with Gasteiger partial charge in [-0.15, -0.1) is 0 Å². The molecule has 0 aliphatic carbocycles. The average molecular weight is 392 g/mol. The zero-order valence-electron chi connectivity index (χ0n) is 15.9. The number of aromatic nitrogens is 1. The fraction of sp³-hybridized carbons (Fsp3) is 0.261. The summed E-state index contributed by atoms with van der Waals surface area (Å²) in [6.07, 6.45) is 3.71. The number of benzene rings is 2. The average Bonchev–Trinajstić information content (AvgIpc) is 3.16. The van der Waals surface area contributed by atoms with E-state index in [2.05, 4.69) is 28.0 Å². The van der Waals surface area contributed by atoms with E-state index in [-0.39, 0.29) is 0 Å². The number of halogens is 1. The first-order chi connectivity index (χ1) is 13.7. The highest BCUT2D eigenvalue weighted by Gasteiger charge is 2.22. The van der Waals surface area contributed by atoms with Crippen LogP contribution in [0, 0.1) is 0 Å². The quantitative estimate of drug-likeness (QED) is 0.405. The number of para-hydroxylation sites is 1. The van der Waals surface area contributed by atoms with E-state index in [1.54, 1.807) is 0 Å². The molecule has 28 heavy (non-hydrogen) atoms. The SMILES string of the molecule is CN(c1ccccc1)c1cc2c(N3CCCCC3)c3cc(Cl)ccc3nc2o1. The van der Waals surface area contributed by atoms with Crippen molar-refractivity contribution in [2.75, 3.05) is 29.9 Å². The lowest BCUT2D eigenvalue weighted by molar-refractivity contribution is 0.579. The summed E-state index contributed by atoms with van der Waals surface area (Å²) in [5.41, 5.74) is 3.86. The van der Waals surface area contributed by atoms with E-state index in [1.165, 1.54) is 24.9 Å². The van der Waals surface area contributed by atoms with Crippen LogP contribution in [-0.4, -0.2) is 25.1 Å². The Balaban J connectivity index is 1.72. The number of furan rings is 1. The van der Waals surface area contributed by atoms with Crippen molar-refractivity contribution in [3.63, 3.8) is 0 Å². The molecule has 0 bridgehead atoms. The molecular formula is C23H22ClN3O. The first kappa shape index (κ1) is 17.4. The highest BCUT2D eigenvalue weighted by molar-refractivity contribution is 6.31. The number of fused-ring (bicyclic) bond motifs is 2. The normalized spacial score (nSPS) is 14.7. The second-order valence-electron chi connectivity index (χ2n) is 7.37. The van der Waals surface area contributed by atoms with Crippen LogP contribution in [0.25, 0.3) is 22.0 Å². The molecule has 4 nitrogen and oxygen atoms in total. The first-order valence-electron chi connectivity index (χ1n) is 9.77. The zero-order valence-corrected chi connectivity index (χ0v) is 16.6. The van der Waals surface area contributed by atoms with Gasteiger partial charge in [-0.25, -0.2) is 4.98 Å². The van der Waals surface area contributed by atoms with Gasteiger partial charge in [-0.05, 0) is 49.6 Å². The molecule has 1 fully saturated rings. The summed E-state index contributed by atoms with van der Waals surface area (Å²) < 4.78 is 6.21. The van der Waals surface area contributed by atoms with Crippen LogP contribution in [0.5, 0.6) is 0 Å². The van der Waals surface area contributed by atoms with Gasteiger partial charge >= 0.3 is 0 Å². The molecule has 0 saturated carbocycles. The Morgan fingerprint density at radius 3 is 2.54 bits per heavy atom. The van der Waals surface area contributed by atoms with Crippen molar-refractivity contribution < 1.29 is 4.42 Å². The summed E-state index contributed by atoms with van der Waals surface area (Å²) in [5.74, 6) is 0.786. The molecule has 4 aromatic rings. The van der Waals surface area contributed by atoms with E-state index in [9.17, 15) is 0 Å². The van der Waals surface area contributed by atoms with Gasteiger partial charge in [-0.3, -0.25) is 0 Å². The molecule has 142 valence electrons. The second-order valence-corrected chi connectivity index (χ2v) is 7.80. The van der Waals surface area contributed by atoms with Crippen molar-refractivity contribution >= 4 is 50.9 Å². The molecular weight excluding hydrogens is 370 g/mol. The fourth-order valence-corrected chi connectivity index (χ4v) is 4.25. The van der Waals surface area contributed by atoms with E-state index in [0.717, 1.165) is 46.0 Å². The molecule has 2 aromatic heterocycles. The highest BCUT2D eigenvalue weighted by Crippen LogP contribution is 2.40. The van der Waals surface area contributed by atoms with Gasteiger partial charge in [0.05, 0.1) is 16.6 Å². The van der Waals surface area contributed by atoms with Crippen LogP contribution >= 0.6 is 11.6 Å². The molecule has 5 heteroatoms. The number of nitrogens with zero attached hydrogens (tertiary/aromatic N) is 3. The van der Waals surface area contributed by atoms with Crippen molar-refractivity contribution in [3.8, 4) is 0 Å². The largest absolute Gasteiger partial charge is 0.422 e. The lowest BCUT2D eigenvalue weighted by atomic mass is 10.1. The van der Waals surface area contributed by atoms with Crippen LogP contribution in [0.4, 0.5) is 17.3 Å². The Bertz CT molecular complexity index is 1130. The Labute approximate surface area is 169 Å². The van der Waals surface area contributed by atoms with Crippen LogP contribution in [0.3, 0.4) is 0 Å². The number of piperidine rings is 1. The summed E-state index contributed by atoms with van der Waals surface area (Å²) in [4.78, 5) is 9.31. The van der Waals surface area contributed by atoms with E-state index in [0.29, 0.717) is 5.71 Å². The molecule has 5 rings (SSSR count). The van der Waals surface area contributed by atoms with E-state index in [4.69, 9.17) is 21.0 Å². The van der Waals surface area contributed by atoms with E-state index >= 15 is 0 Å². The summed E-state index contributed by atoms with van der Waals surface area (Å²) in [7, 11) is 2.02. The number of pyridine rings is 1. The lowest BCUT2D eigenvalue weighted by Crippen LogP contribution is -2.29. The third-order valence-corrected chi connectivity index (χ3v) is 5.77. The maximum Gasteiger partial charge on any atom is 0.231 e. The predicted molar refractivity (Wildman–Crippen MR) is 117 cm³/mol.